The van der Waals surface area contributed by atoms with Crippen molar-refractivity contribution >= 4 is 29.9 Å². The number of alkyl halides is 3. The molecule has 1 aromatic rings. The molecule has 0 aromatic carbocycles. The Morgan fingerprint density at radius 3 is 2.42 bits per heavy atom. The molecular weight excluding hydrogens is 460 g/mol. The van der Waals surface area contributed by atoms with Gasteiger partial charge in [-0.25, -0.2) is 0 Å². The second kappa shape index (κ2) is 10.9. The summed E-state index contributed by atoms with van der Waals surface area (Å²) in [5.74, 6) is -0.676. The van der Waals surface area contributed by atoms with E-state index in [1.165, 1.54) is 0 Å². The fourth-order valence-corrected chi connectivity index (χ4v) is 2.95. The molecule has 26 heavy (non-hydrogen) atoms. The van der Waals surface area contributed by atoms with Crippen LogP contribution in [0.2, 0.25) is 0 Å². The minimum atomic E-state index is -4.10. The first kappa shape index (κ1) is 22.9. The van der Waals surface area contributed by atoms with Crippen LogP contribution >= 0.6 is 24.0 Å². The van der Waals surface area contributed by atoms with Gasteiger partial charge in [-0.3, -0.25) is 9.98 Å². The van der Waals surface area contributed by atoms with E-state index >= 15 is 0 Å². The Hall–Kier alpha value is -1.10. The Bertz CT molecular complexity index is 549. The van der Waals surface area contributed by atoms with Gasteiger partial charge in [-0.05, 0) is 50.3 Å². The van der Waals surface area contributed by atoms with Crippen LogP contribution in [-0.4, -0.2) is 41.4 Å². The lowest BCUT2D eigenvalue weighted by atomic mass is 9.85. The molecule has 3 N–H and O–H groups in total. The van der Waals surface area contributed by atoms with Crippen molar-refractivity contribution in [3.63, 3.8) is 0 Å². The lowest BCUT2D eigenvalue weighted by Gasteiger charge is -2.31. The highest BCUT2D eigenvalue weighted by Gasteiger charge is 2.41. The number of aliphatic hydroxyl groups excluding tert-OH is 1. The number of hydrogen-bond donors (Lipinski definition) is 3. The molecule has 0 amide bonds. The van der Waals surface area contributed by atoms with E-state index in [0.29, 0.717) is 25.3 Å². The molecule has 1 heterocycles. The molecule has 0 spiro atoms. The Kier molecular flexibility index (Phi) is 9.62. The van der Waals surface area contributed by atoms with Crippen LogP contribution in [0.5, 0.6) is 0 Å². The van der Waals surface area contributed by atoms with Gasteiger partial charge >= 0.3 is 6.18 Å². The average Bonchev–Trinajstić information content (AvgIpc) is 2.60. The predicted octanol–water partition coefficient (Wildman–Crippen LogP) is 3.41. The maximum Gasteiger partial charge on any atom is 0.391 e. The minimum absolute atomic E-state index is 0. The van der Waals surface area contributed by atoms with Crippen molar-refractivity contribution in [1.82, 2.24) is 15.6 Å². The summed E-state index contributed by atoms with van der Waals surface area (Å²) in [6.07, 6.45) is -0.448. The van der Waals surface area contributed by atoms with E-state index in [1.54, 1.807) is 24.5 Å². The maximum absolute atomic E-state index is 12.7. The number of nitrogens with one attached hydrogen (secondary N) is 2. The number of pyridine rings is 1. The number of rotatable bonds is 5. The van der Waals surface area contributed by atoms with Gasteiger partial charge in [-0.15, -0.1) is 24.0 Å². The predicted molar refractivity (Wildman–Crippen MR) is 106 cm³/mol. The lowest BCUT2D eigenvalue weighted by molar-refractivity contribution is -0.182. The van der Waals surface area contributed by atoms with Crippen molar-refractivity contribution in [2.45, 2.75) is 50.9 Å². The van der Waals surface area contributed by atoms with Crippen molar-refractivity contribution in [2.24, 2.45) is 10.9 Å². The van der Waals surface area contributed by atoms with Gasteiger partial charge in [0.2, 0.25) is 0 Å². The largest absolute Gasteiger partial charge is 0.391 e. The van der Waals surface area contributed by atoms with Crippen molar-refractivity contribution in [3.05, 3.63) is 30.1 Å². The second-order valence-corrected chi connectivity index (χ2v) is 6.25. The third-order valence-electron chi connectivity index (χ3n) is 4.39. The summed E-state index contributed by atoms with van der Waals surface area (Å²) in [5.41, 5.74) is 0.722. The zero-order valence-electron chi connectivity index (χ0n) is 14.7. The fourth-order valence-electron chi connectivity index (χ4n) is 2.95. The van der Waals surface area contributed by atoms with E-state index in [2.05, 4.69) is 20.6 Å². The molecule has 1 fully saturated rings. The molecule has 2 rings (SSSR count). The van der Waals surface area contributed by atoms with Crippen LogP contribution in [0, 0.1) is 5.92 Å². The van der Waals surface area contributed by atoms with Crippen molar-refractivity contribution in [3.8, 4) is 0 Å². The molecular formula is C17H26F3IN4O. The molecule has 148 valence electrons. The van der Waals surface area contributed by atoms with Gasteiger partial charge in [-0.2, -0.15) is 13.2 Å². The number of halogens is 4. The molecule has 1 atom stereocenters. The van der Waals surface area contributed by atoms with E-state index in [4.69, 9.17) is 0 Å². The number of guanidine groups is 1. The average molecular weight is 486 g/mol. The topological polar surface area (TPSA) is 69.5 Å². The molecule has 5 nitrogen and oxygen atoms in total. The summed E-state index contributed by atoms with van der Waals surface area (Å²) in [6, 6.07) is 3.41. The quantitative estimate of drug-likeness (QED) is 0.339. The molecule has 1 unspecified atom stereocenters. The Morgan fingerprint density at radius 1 is 1.27 bits per heavy atom. The highest BCUT2D eigenvalue weighted by molar-refractivity contribution is 14.0. The summed E-state index contributed by atoms with van der Waals surface area (Å²) >= 11 is 0. The summed E-state index contributed by atoms with van der Waals surface area (Å²) in [5, 5.41) is 16.4. The van der Waals surface area contributed by atoms with Gasteiger partial charge in [0.05, 0.1) is 18.6 Å². The molecule has 0 radical (unpaired) electrons. The van der Waals surface area contributed by atoms with Crippen LogP contribution in [0.1, 0.15) is 44.3 Å². The maximum atomic E-state index is 12.7. The van der Waals surface area contributed by atoms with Gasteiger partial charge in [0, 0.05) is 25.0 Å². The summed E-state index contributed by atoms with van der Waals surface area (Å²) < 4.78 is 38.2. The Labute approximate surface area is 168 Å². The summed E-state index contributed by atoms with van der Waals surface area (Å²) in [7, 11) is 0. The molecule has 1 saturated carbocycles. The van der Waals surface area contributed by atoms with Crippen LogP contribution in [0.3, 0.4) is 0 Å². The second-order valence-electron chi connectivity index (χ2n) is 6.25. The zero-order chi connectivity index (χ0) is 18.3. The summed E-state index contributed by atoms with van der Waals surface area (Å²) in [6.45, 7) is 2.71. The normalized spacial score (nSPS) is 22.3. The summed E-state index contributed by atoms with van der Waals surface area (Å²) in [4.78, 5) is 8.25. The van der Waals surface area contributed by atoms with Crippen LogP contribution in [0.25, 0.3) is 0 Å². The standard InChI is InChI=1S/C17H25F3N4O.HI/c1-2-22-16(23-11-15(25)12-7-9-21-10-8-12)24-14-5-3-13(4-6-14)17(18,19)20;/h7-10,13-15,25H,2-6,11H2,1H3,(H2,22,23,24);1H. The third kappa shape index (κ3) is 7.26. The Morgan fingerprint density at radius 2 is 1.88 bits per heavy atom. The van der Waals surface area contributed by atoms with Gasteiger partial charge < -0.3 is 15.7 Å². The first-order chi connectivity index (χ1) is 11.9. The minimum Gasteiger partial charge on any atom is -0.386 e. The van der Waals surface area contributed by atoms with Crippen LogP contribution in [-0.2, 0) is 0 Å². The Balaban J connectivity index is 0.00000338. The van der Waals surface area contributed by atoms with E-state index < -0.39 is 18.2 Å². The first-order valence-corrected chi connectivity index (χ1v) is 8.59. The van der Waals surface area contributed by atoms with Crippen LogP contribution in [0.15, 0.2) is 29.5 Å². The fraction of sp³-hybridized carbons (Fsp3) is 0.647. The first-order valence-electron chi connectivity index (χ1n) is 8.59. The van der Waals surface area contributed by atoms with E-state index in [0.717, 1.165) is 5.56 Å². The van der Waals surface area contributed by atoms with E-state index in [9.17, 15) is 18.3 Å². The molecule has 0 saturated heterocycles. The lowest BCUT2D eigenvalue weighted by Crippen LogP contribution is -2.46. The zero-order valence-corrected chi connectivity index (χ0v) is 17.0. The number of aliphatic imine (C=N–C) groups is 1. The highest BCUT2D eigenvalue weighted by Crippen LogP contribution is 2.37. The van der Waals surface area contributed by atoms with Crippen molar-refractivity contribution < 1.29 is 18.3 Å². The van der Waals surface area contributed by atoms with Crippen molar-refractivity contribution in [2.75, 3.05) is 13.1 Å². The molecule has 0 aliphatic heterocycles. The van der Waals surface area contributed by atoms with E-state index in [1.807, 2.05) is 6.92 Å². The van der Waals surface area contributed by atoms with Crippen LogP contribution < -0.4 is 10.6 Å². The van der Waals surface area contributed by atoms with Crippen molar-refractivity contribution in [1.29, 1.82) is 0 Å². The van der Waals surface area contributed by atoms with Gasteiger partial charge in [-0.1, -0.05) is 0 Å². The SMILES string of the molecule is CCNC(=NCC(O)c1ccncc1)NC1CCC(C(F)(F)F)CC1.I. The molecule has 1 aromatic heterocycles. The third-order valence-corrected chi connectivity index (χ3v) is 4.39. The smallest absolute Gasteiger partial charge is 0.386 e. The monoisotopic (exact) mass is 486 g/mol. The molecule has 9 heteroatoms. The molecule has 1 aliphatic rings. The number of aliphatic hydroxyl groups is 1. The molecule has 0 bridgehead atoms. The molecule has 1 aliphatic carbocycles. The van der Waals surface area contributed by atoms with E-state index in [-0.39, 0.29) is 49.4 Å². The van der Waals surface area contributed by atoms with Gasteiger partial charge in [0.1, 0.15) is 0 Å². The number of hydrogen-bond acceptors (Lipinski definition) is 3. The number of aromatic nitrogens is 1. The van der Waals surface area contributed by atoms with Gasteiger partial charge in [0.25, 0.3) is 0 Å². The highest BCUT2D eigenvalue weighted by atomic mass is 127. The number of nitrogens with zero attached hydrogens (tertiary/aromatic N) is 2. The van der Waals surface area contributed by atoms with Gasteiger partial charge in [0.15, 0.2) is 5.96 Å². The van der Waals surface area contributed by atoms with Crippen LogP contribution in [0.4, 0.5) is 13.2 Å².